The molecule has 0 saturated heterocycles. The maximum Gasteiger partial charge on any atom is 0.320 e. The van der Waals surface area contributed by atoms with E-state index in [0.29, 0.717) is 62.8 Å². The summed E-state index contributed by atoms with van der Waals surface area (Å²) in [5.74, 6) is -4.04. The summed E-state index contributed by atoms with van der Waals surface area (Å²) in [6, 6.07) is 0. The number of carbonyl (C=O) groups is 6. The van der Waals surface area contributed by atoms with Crippen LogP contribution in [0.4, 0.5) is 0 Å². The second-order valence-corrected chi connectivity index (χ2v) is 9.84. The largest absolute Gasteiger partial charge is 0.480 e. The summed E-state index contributed by atoms with van der Waals surface area (Å²) in [6.45, 7) is 9.99. The van der Waals surface area contributed by atoms with Gasteiger partial charge >= 0.3 is 23.9 Å². The molecule has 42 heavy (non-hydrogen) atoms. The summed E-state index contributed by atoms with van der Waals surface area (Å²) >= 11 is 0. The van der Waals surface area contributed by atoms with Gasteiger partial charge < -0.3 is 30.3 Å². The molecule has 0 radical (unpaired) electrons. The molecule has 0 atom stereocenters. The number of carboxylic acid groups (broad SMARTS) is 2. The van der Waals surface area contributed by atoms with Gasteiger partial charge in [0.15, 0.2) is 0 Å². The van der Waals surface area contributed by atoms with Crippen molar-refractivity contribution in [3.63, 3.8) is 0 Å². The number of amides is 2. The Balaban J connectivity index is 4.69. The zero-order valence-electron chi connectivity index (χ0n) is 24.8. The highest BCUT2D eigenvalue weighted by molar-refractivity contribution is 5.92. The quantitative estimate of drug-likeness (QED) is 0.0650. The summed E-state index contributed by atoms with van der Waals surface area (Å²) in [5.41, 5.74) is 0.848. The minimum Gasteiger partial charge on any atom is -0.480 e. The average molecular weight is 599 g/mol. The van der Waals surface area contributed by atoms with Crippen molar-refractivity contribution < 1.29 is 48.5 Å². The fraction of sp³-hybridized carbons (Fsp3) is 0.643. The standard InChI is InChI=1S/C28H46N4O10/c1-21(2)27(39)29-11-7-5-9-15-41-25(37)19-32(14-13-31(17-23(33)34)18-24(35)36)20-26(38)42-16-10-6-8-12-30-28(40)22(3)4/h1,3,5-20H2,2,4H3,(H,29,39)(H,30,40)(H,33,34)(H,35,36). The third-order valence-corrected chi connectivity index (χ3v) is 5.67. The van der Waals surface area contributed by atoms with E-state index >= 15 is 0 Å². The van der Waals surface area contributed by atoms with Crippen LogP contribution >= 0.6 is 0 Å². The van der Waals surface area contributed by atoms with Crippen LogP contribution in [0, 0.1) is 0 Å². The molecule has 0 fully saturated rings. The lowest BCUT2D eigenvalue weighted by molar-refractivity contribution is -0.150. The van der Waals surface area contributed by atoms with Gasteiger partial charge in [0, 0.05) is 37.3 Å². The van der Waals surface area contributed by atoms with E-state index in [2.05, 4.69) is 23.8 Å². The van der Waals surface area contributed by atoms with E-state index in [1.54, 1.807) is 13.8 Å². The van der Waals surface area contributed by atoms with Crippen molar-refractivity contribution >= 4 is 35.7 Å². The van der Waals surface area contributed by atoms with Crippen molar-refractivity contribution in [3.8, 4) is 0 Å². The Bertz CT molecular complexity index is 868. The van der Waals surface area contributed by atoms with E-state index in [-0.39, 0.29) is 51.2 Å². The molecule has 14 heteroatoms. The monoisotopic (exact) mass is 598 g/mol. The molecule has 14 nitrogen and oxygen atoms in total. The van der Waals surface area contributed by atoms with E-state index < -0.39 is 37.0 Å². The highest BCUT2D eigenvalue weighted by Gasteiger charge is 2.20. The molecular formula is C28H46N4O10. The fourth-order valence-corrected chi connectivity index (χ4v) is 3.44. The molecule has 0 saturated carbocycles. The number of hydrogen-bond acceptors (Lipinski definition) is 10. The van der Waals surface area contributed by atoms with Gasteiger partial charge in [-0.1, -0.05) is 13.2 Å². The van der Waals surface area contributed by atoms with E-state index in [0.717, 1.165) is 0 Å². The predicted molar refractivity (Wildman–Crippen MR) is 153 cm³/mol. The normalized spacial score (nSPS) is 10.7. The van der Waals surface area contributed by atoms with Gasteiger partial charge in [0.1, 0.15) is 0 Å². The Morgan fingerprint density at radius 1 is 0.595 bits per heavy atom. The van der Waals surface area contributed by atoms with Crippen molar-refractivity contribution in [1.29, 1.82) is 0 Å². The molecule has 0 aromatic heterocycles. The number of nitrogens with zero attached hydrogens (tertiary/aromatic N) is 2. The maximum atomic E-state index is 12.4. The van der Waals surface area contributed by atoms with E-state index in [4.69, 9.17) is 19.7 Å². The number of carbonyl (C=O) groups excluding carboxylic acids is 4. The Hall–Kier alpha value is -3.78. The lowest BCUT2D eigenvalue weighted by Gasteiger charge is -2.24. The molecule has 0 aliphatic carbocycles. The first-order valence-electron chi connectivity index (χ1n) is 13.9. The Morgan fingerprint density at radius 2 is 0.952 bits per heavy atom. The first kappa shape index (κ1) is 38.2. The fourth-order valence-electron chi connectivity index (χ4n) is 3.44. The summed E-state index contributed by atoms with van der Waals surface area (Å²) < 4.78 is 10.5. The van der Waals surface area contributed by atoms with Crippen LogP contribution in [-0.4, -0.2) is 121 Å². The molecule has 0 unspecified atom stereocenters. The average Bonchev–Trinajstić information content (AvgIpc) is 2.89. The zero-order chi connectivity index (χ0) is 31.9. The number of esters is 2. The third kappa shape index (κ3) is 22.0. The third-order valence-electron chi connectivity index (χ3n) is 5.67. The second-order valence-electron chi connectivity index (χ2n) is 9.84. The van der Waals surface area contributed by atoms with Gasteiger partial charge in [0.25, 0.3) is 0 Å². The van der Waals surface area contributed by atoms with Crippen molar-refractivity contribution in [2.45, 2.75) is 52.4 Å². The molecule has 0 aromatic carbocycles. The van der Waals surface area contributed by atoms with Crippen molar-refractivity contribution in [1.82, 2.24) is 20.4 Å². The van der Waals surface area contributed by atoms with Crippen LogP contribution in [0.3, 0.4) is 0 Å². The first-order chi connectivity index (χ1) is 19.8. The van der Waals surface area contributed by atoms with Gasteiger partial charge in [-0.05, 0) is 52.4 Å². The first-order valence-corrected chi connectivity index (χ1v) is 13.9. The van der Waals surface area contributed by atoms with Gasteiger partial charge in [-0.25, -0.2) is 0 Å². The van der Waals surface area contributed by atoms with Gasteiger partial charge in [-0.2, -0.15) is 0 Å². The van der Waals surface area contributed by atoms with E-state index in [1.165, 1.54) is 9.80 Å². The Labute approximate surface area is 247 Å². The smallest absolute Gasteiger partial charge is 0.320 e. The lowest BCUT2D eigenvalue weighted by Crippen LogP contribution is -2.44. The van der Waals surface area contributed by atoms with E-state index in [1.807, 2.05) is 0 Å². The van der Waals surface area contributed by atoms with Crippen LogP contribution in [-0.2, 0) is 38.2 Å². The highest BCUT2D eigenvalue weighted by Crippen LogP contribution is 2.01. The molecule has 0 rings (SSSR count). The minimum atomic E-state index is -1.21. The van der Waals surface area contributed by atoms with Crippen LogP contribution in [0.25, 0.3) is 0 Å². The number of hydrogen-bond donors (Lipinski definition) is 4. The Morgan fingerprint density at radius 3 is 1.29 bits per heavy atom. The van der Waals surface area contributed by atoms with Crippen LogP contribution < -0.4 is 10.6 Å². The lowest BCUT2D eigenvalue weighted by atomic mass is 10.2. The van der Waals surface area contributed by atoms with E-state index in [9.17, 15) is 28.8 Å². The number of rotatable bonds is 25. The summed E-state index contributed by atoms with van der Waals surface area (Å²) in [4.78, 5) is 72.5. The summed E-state index contributed by atoms with van der Waals surface area (Å²) in [6.07, 6.45) is 3.94. The highest BCUT2D eigenvalue weighted by atomic mass is 16.5. The summed E-state index contributed by atoms with van der Waals surface area (Å²) in [7, 11) is 0. The topological polar surface area (TPSA) is 192 Å². The molecule has 0 aliphatic rings. The van der Waals surface area contributed by atoms with Crippen molar-refractivity contribution in [3.05, 3.63) is 24.3 Å². The number of aliphatic carboxylic acids is 2. The molecular weight excluding hydrogens is 552 g/mol. The molecule has 0 aliphatic heterocycles. The van der Waals surface area contributed by atoms with Crippen LogP contribution in [0.2, 0.25) is 0 Å². The van der Waals surface area contributed by atoms with Gasteiger partial charge in [-0.3, -0.25) is 38.6 Å². The van der Waals surface area contributed by atoms with Crippen LogP contribution in [0.5, 0.6) is 0 Å². The van der Waals surface area contributed by atoms with Gasteiger partial charge in [0.2, 0.25) is 11.8 Å². The maximum absolute atomic E-state index is 12.4. The number of nitrogens with one attached hydrogen (secondary N) is 2. The number of carboxylic acids is 2. The van der Waals surface area contributed by atoms with Crippen LogP contribution in [0.15, 0.2) is 24.3 Å². The van der Waals surface area contributed by atoms with Crippen molar-refractivity contribution in [2.24, 2.45) is 0 Å². The molecule has 0 aromatic rings. The zero-order valence-corrected chi connectivity index (χ0v) is 24.8. The number of ether oxygens (including phenoxy) is 2. The van der Waals surface area contributed by atoms with Gasteiger partial charge in [0.05, 0.1) is 39.4 Å². The Kier molecular flexibility index (Phi) is 20.8. The molecule has 4 N–H and O–H groups in total. The minimum absolute atomic E-state index is 0.0229. The summed E-state index contributed by atoms with van der Waals surface area (Å²) in [5, 5.41) is 23.5. The van der Waals surface area contributed by atoms with Gasteiger partial charge in [-0.15, -0.1) is 0 Å². The molecule has 2 amide bonds. The molecule has 238 valence electrons. The van der Waals surface area contributed by atoms with Crippen LogP contribution in [0.1, 0.15) is 52.4 Å². The molecule has 0 bridgehead atoms. The SMILES string of the molecule is C=C(C)C(=O)NCCCCCOC(=O)CN(CCN(CC(=O)O)CC(=O)O)CC(=O)OCCCCCNC(=O)C(=C)C. The number of unbranched alkanes of at least 4 members (excludes halogenated alkanes) is 4. The second kappa shape index (κ2) is 22.9. The predicted octanol–water partition coefficient (Wildman–Crippen LogP) is 0.571. The van der Waals surface area contributed by atoms with Crippen molar-refractivity contribution in [2.75, 3.05) is 65.6 Å². The molecule has 0 heterocycles. The molecule has 0 spiro atoms.